The molecule has 0 aliphatic carbocycles. The fraction of sp³-hybridized carbons (Fsp3) is 0.333. The Hall–Kier alpha value is -2.61. The number of ether oxygens (including phenoxy) is 1. The first-order valence-electron chi connectivity index (χ1n) is 9.21. The Balaban J connectivity index is 1.99. The maximum atomic E-state index is 13.1. The normalized spacial score (nSPS) is 11.1. The van der Waals surface area contributed by atoms with Crippen molar-refractivity contribution in [1.82, 2.24) is 5.32 Å². The van der Waals surface area contributed by atoms with Gasteiger partial charge in [-0.25, -0.2) is 0 Å². The molecule has 0 saturated heterocycles. The van der Waals surface area contributed by atoms with Crippen molar-refractivity contribution in [2.24, 2.45) is 0 Å². The van der Waals surface area contributed by atoms with Crippen LogP contribution in [0.15, 0.2) is 42.5 Å². The number of hydrogen-bond donors (Lipinski definition) is 2. The minimum Gasteiger partial charge on any atom is -0.496 e. The molecule has 0 aliphatic rings. The number of hydrogen-bond acceptors (Lipinski definition) is 3. The number of amides is 1. The zero-order chi connectivity index (χ0) is 21.4. The zero-order valence-corrected chi connectivity index (χ0v) is 17.0. The molecule has 2 aromatic rings. The number of halogens is 3. The van der Waals surface area contributed by atoms with Crippen LogP contribution in [-0.2, 0) is 12.6 Å². The Labute approximate surface area is 173 Å². The lowest BCUT2D eigenvalue weighted by atomic mass is 10.1. The second kappa shape index (κ2) is 10.2. The van der Waals surface area contributed by atoms with Gasteiger partial charge in [0.1, 0.15) is 5.75 Å². The van der Waals surface area contributed by atoms with Crippen molar-refractivity contribution in [2.75, 3.05) is 12.4 Å². The fourth-order valence-electron chi connectivity index (χ4n) is 2.74. The predicted molar refractivity (Wildman–Crippen MR) is 111 cm³/mol. The van der Waals surface area contributed by atoms with Gasteiger partial charge in [0.05, 0.1) is 12.7 Å². The summed E-state index contributed by atoms with van der Waals surface area (Å²) in [5.41, 5.74) is 0.691. The minimum absolute atomic E-state index is 0.00175. The van der Waals surface area contributed by atoms with E-state index in [0.29, 0.717) is 5.69 Å². The maximum Gasteiger partial charge on any atom is 0.419 e. The fourth-order valence-corrected chi connectivity index (χ4v) is 2.95. The second-order valence-electron chi connectivity index (χ2n) is 6.48. The third-order valence-corrected chi connectivity index (χ3v) is 4.48. The molecule has 0 atom stereocenters. The molecule has 2 rings (SSSR count). The van der Waals surface area contributed by atoms with Crippen LogP contribution in [0.25, 0.3) is 0 Å². The molecule has 0 radical (unpaired) electrons. The Morgan fingerprint density at radius 1 is 1.10 bits per heavy atom. The third-order valence-electron chi connectivity index (χ3n) is 4.27. The molecule has 0 fully saturated rings. The summed E-state index contributed by atoms with van der Waals surface area (Å²) in [4.78, 5) is 12.3. The highest BCUT2D eigenvalue weighted by Crippen LogP contribution is 2.36. The van der Waals surface area contributed by atoms with Gasteiger partial charge in [-0.1, -0.05) is 31.9 Å². The van der Waals surface area contributed by atoms with E-state index in [0.717, 1.165) is 38.5 Å². The number of anilines is 1. The first-order valence-corrected chi connectivity index (χ1v) is 9.62. The van der Waals surface area contributed by atoms with Crippen LogP contribution in [-0.4, -0.2) is 18.1 Å². The minimum atomic E-state index is -4.64. The molecule has 0 aliphatic heterocycles. The lowest BCUT2D eigenvalue weighted by molar-refractivity contribution is -0.138. The van der Waals surface area contributed by atoms with E-state index in [9.17, 15) is 18.0 Å². The molecule has 1 amide bonds. The van der Waals surface area contributed by atoms with E-state index < -0.39 is 17.6 Å². The molecule has 156 valence electrons. The number of benzene rings is 2. The highest BCUT2D eigenvalue weighted by atomic mass is 32.1. The first kappa shape index (κ1) is 22.7. The average molecular weight is 424 g/mol. The molecule has 0 heterocycles. The summed E-state index contributed by atoms with van der Waals surface area (Å²) in [7, 11) is 1.14. The van der Waals surface area contributed by atoms with Crippen LogP contribution in [0.4, 0.5) is 18.9 Å². The number of alkyl halides is 3. The van der Waals surface area contributed by atoms with Gasteiger partial charge in [-0.2, -0.15) is 13.2 Å². The van der Waals surface area contributed by atoms with Crippen LogP contribution in [0.1, 0.15) is 47.7 Å². The predicted octanol–water partition coefficient (Wildman–Crippen LogP) is 5.57. The van der Waals surface area contributed by atoms with Gasteiger partial charge in [-0.05, 0) is 61.0 Å². The number of carbonyl (C=O) groups is 1. The van der Waals surface area contributed by atoms with E-state index in [-0.39, 0.29) is 16.4 Å². The van der Waals surface area contributed by atoms with Gasteiger partial charge in [0.25, 0.3) is 5.91 Å². The van der Waals surface area contributed by atoms with Crippen LogP contribution in [0.3, 0.4) is 0 Å². The molecule has 0 spiro atoms. The number of nitrogens with one attached hydrogen (secondary N) is 2. The van der Waals surface area contributed by atoms with E-state index in [4.69, 9.17) is 17.0 Å². The number of methoxy groups -OCH3 is 1. The average Bonchev–Trinajstić information content (AvgIpc) is 2.68. The Morgan fingerprint density at radius 2 is 1.79 bits per heavy atom. The number of thiocarbonyl (C=S) groups is 1. The van der Waals surface area contributed by atoms with Crippen LogP contribution >= 0.6 is 12.2 Å². The Morgan fingerprint density at radius 3 is 2.38 bits per heavy atom. The number of aryl methyl sites for hydroxylation is 1. The topological polar surface area (TPSA) is 50.4 Å². The smallest absolute Gasteiger partial charge is 0.419 e. The number of carbonyl (C=O) groups excluding carboxylic acids is 1. The number of unbranched alkanes of at least 4 members (excludes halogenated alkanes) is 2. The van der Waals surface area contributed by atoms with E-state index in [1.54, 1.807) is 0 Å². The first-order chi connectivity index (χ1) is 13.7. The van der Waals surface area contributed by atoms with Gasteiger partial charge in [-0.15, -0.1) is 0 Å². The van der Waals surface area contributed by atoms with Crippen LogP contribution < -0.4 is 15.4 Å². The molecule has 8 heteroatoms. The summed E-state index contributed by atoms with van der Waals surface area (Å²) >= 11 is 5.10. The van der Waals surface area contributed by atoms with Crippen molar-refractivity contribution >= 4 is 28.9 Å². The summed E-state index contributed by atoms with van der Waals surface area (Å²) in [6.07, 6.45) is -0.184. The van der Waals surface area contributed by atoms with Crippen LogP contribution in [0.5, 0.6) is 5.75 Å². The zero-order valence-electron chi connectivity index (χ0n) is 16.2. The quantitative estimate of drug-likeness (QED) is 0.450. The molecule has 0 saturated carbocycles. The van der Waals surface area contributed by atoms with Crippen molar-refractivity contribution in [1.29, 1.82) is 0 Å². The van der Waals surface area contributed by atoms with Gasteiger partial charge in [0.15, 0.2) is 5.11 Å². The monoisotopic (exact) mass is 424 g/mol. The van der Waals surface area contributed by atoms with Gasteiger partial charge >= 0.3 is 6.18 Å². The van der Waals surface area contributed by atoms with Gasteiger partial charge in [0.2, 0.25) is 0 Å². The highest BCUT2D eigenvalue weighted by Gasteiger charge is 2.35. The Bertz CT molecular complexity index is 852. The summed E-state index contributed by atoms with van der Waals surface area (Å²) in [6, 6.07) is 10.7. The van der Waals surface area contributed by atoms with Gasteiger partial charge in [-0.3, -0.25) is 10.1 Å². The Kier molecular flexibility index (Phi) is 8.01. The molecule has 29 heavy (non-hydrogen) atoms. The molecule has 0 bridgehead atoms. The summed E-state index contributed by atoms with van der Waals surface area (Å²) in [5.74, 6) is -1.10. The van der Waals surface area contributed by atoms with Crippen molar-refractivity contribution in [3.63, 3.8) is 0 Å². The van der Waals surface area contributed by atoms with Crippen molar-refractivity contribution in [3.8, 4) is 5.75 Å². The molecular formula is C21H23F3N2O2S. The highest BCUT2D eigenvalue weighted by molar-refractivity contribution is 7.80. The molecule has 4 nitrogen and oxygen atoms in total. The third kappa shape index (κ3) is 6.74. The largest absolute Gasteiger partial charge is 0.496 e. The standard InChI is InChI=1S/C21H23F3N2O2S/c1-3-4-5-6-14-7-10-16(11-8-14)25-20(29)26-19(27)15-9-12-18(28-2)17(13-15)21(22,23)24/h7-13H,3-6H2,1-2H3,(H2,25,26,27,29). The summed E-state index contributed by atoms with van der Waals surface area (Å²) < 4.78 is 44.0. The molecule has 2 aromatic carbocycles. The van der Waals surface area contributed by atoms with Crippen molar-refractivity contribution in [2.45, 2.75) is 38.8 Å². The second-order valence-corrected chi connectivity index (χ2v) is 6.88. The molecular weight excluding hydrogens is 401 g/mol. The van der Waals surface area contributed by atoms with Crippen molar-refractivity contribution in [3.05, 3.63) is 59.2 Å². The van der Waals surface area contributed by atoms with E-state index in [2.05, 4.69) is 17.6 Å². The lowest BCUT2D eigenvalue weighted by Gasteiger charge is -2.14. The van der Waals surface area contributed by atoms with Gasteiger partial charge < -0.3 is 10.1 Å². The molecule has 0 unspecified atom stereocenters. The van der Waals surface area contributed by atoms with E-state index in [1.807, 2.05) is 24.3 Å². The van der Waals surface area contributed by atoms with Crippen LogP contribution in [0, 0.1) is 0 Å². The molecule has 0 aromatic heterocycles. The van der Waals surface area contributed by atoms with Crippen molar-refractivity contribution < 1.29 is 22.7 Å². The van der Waals surface area contributed by atoms with E-state index >= 15 is 0 Å². The lowest BCUT2D eigenvalue weighted by Crippen LogP contribution is -2.34. The molecule has 2 N–H and O–H groups in total. The number of rotatable bonds is 7. The summed E-state index contributed by atoms with van der Waals surface area (Å²) in [5, 5.41) is 5.25. The SMILES string of the molecule is CCCCCc1ccc(NC(=S)NC(=O)c2ccc(OC)c(C(F)(F)F)c2)cc1. The summed E-state index contributed by atoms with van der Waals surface area (Å²) in [6.45, 7) is 2.15. The maximum absolute atomic E-state index is 13.1. The van der Waals surface area contributed by atoms with Crippen LogP contribution in [0.2, 0.25) is 0 Å². The van der Waals surface area contributed by atoms with Gasteiger partial charge in [0, 0.05) is 11.3 Å². The van der Waals surface area contributed by atoms with E-state index in [1.165, 1.54) is 18.1 Å².